The Bertz CT molecular complexity index is 644. The number of benzene rings is 1. The van der Waals surface area contributed by atoms with Crippen molar-refractivity contribution in [2.45, 2.75) is 26.3 Å². The molecule has 0 atom stereocenters. The molecule has 2 N–H and O–H groups in total. The summed E-state index contributed by atoms with van der Waals surface area (Å²) in [6.07, 6.45) is 0. The van der Waals surface area contributed by atoms with Crippen LogP contribution in [-0.2, 0) is 6.54 Å². The summed E-state index contributed by atoms with van der Waals surface area (Å²) in [7, 11) is 0. The van der Waals surface area contributed by atoms with Gasteiger partial charge in [-0.25, -0.2) is 4.79 Å². The van der Waals surface area contributed by atoms with Crippen molar-refractivity contribution in [3.05, 3.63) is 52.9 Å². The summed E-state index contributed by atoms with van der Waals surface area (Å²) in [6.45, 7) is 4.21. The van der Waals surface area contributed by atoms with Crippen molar-refractivity contribution in [2.75, 3.05) is 0 Å². The zero-order chi connectivity index (χ0) is 15.4. The Labute approximate surface area is 121 Å². The van der Waals surface area contributed by atoms with Crippen molar-refractivity contribution < 1.29 is 19.2 Å². The maximum absolute atomic E-state index is 11.9. The molecule has 0 bridgehead atoms. The zero-order valence-corrected chi connectivity index (χ0v) is 11.8. The number of nitrogens with one attached hydrogen (secondary N) is 1. The van der Waals surface area contributed by atoms with Crippen LogP contribution in [-0.4, -0.2) is 22.1 Å². The van der Waals surface area contributed by atoms with E-state index in [1.807, 2.05) is 13.8 Å². The van der Waals surface area contributed by atoms with Gasteiger partial charge in [-0.15, -0.1) is 0 Å². The summed E-state index contributed by atoms with van der Waals surface area (Å²) in [5.41, 5.74) is 1.74. The molecule has 1 aromatic carbocycles. The molecule has 6 nitrogen and oxygen atoms in total. The van der Waals surface area contributed by atoms with E-state index in [9.17, 15) is 9.59 Å². The normalized spacial score (nSPS) is 10.6. The summed E-state index contributed by atoms with van der Waals surface area (Å²) in [6, 6.07) is 7.92. The van der Waals surface area contributed by atoms with Gasteiger partial charge in [0.25, 0.3) is 5.91 Å². The molecule has 1 aromatic heterocycles. The molecule has 0 radical (unpaired) electrons. The van der Waals surface area contributed by atoms with E-state index in [2.05, 4.69) is 10.5 Å². The van der Waals surface area contributed by atoms with E-state index in [0.29, 0.717) is 0 Å². The van der Waals surface area contributed by atoms with Crippen LogP contribution in [0.5, 0.6) is 0 Å². The molecule has 0 unspecified atom stereocenters. The molecule has 0 fully saturated rings. The fraction of sp³-hybridized carbons (Fsp3) is 0.267. The highest BCUT2D eigenvalue weighted by molar-refractivity contribution is 5.91. The SMILES string of the molecule is CC(C)c1cc(C(=O)NCc2ccc(C(=O)O)cc2)on1. The van der Waals surface area contributed by atoms with Gasteiger partial charge in [0.2, 0.25) is 5.76 Å². The third-order valence-corrected chi connectivity index (χ3v) is 3.00. The third-order valence-electron chi connectivity index (χ3n) is 3.00. The lowest BCUT2D eigenvalue weighted by atomic mass is 10.1. The van der Waals surface area contributed by atoms with Gasteiger partial charge in [0.15, 0.2) is 0 Å². The molecule has 1 amide bonds. The lowest BCUT2D eigenvalue weighted by Crippen LogP contribution is -2.22. The van der Waals surface area contributed by atoms with Gasteiger partial charge in [-0.05, 0) is 23.6 Å². The molecule has 0 saturated heterocycles. The minimum absolute atomic E-state index is 0.167. The number of carbonyl (C=O) groups is 2. The van der Waals surface area contributed by atoms with Crippen LogP contribution in [0.15, 0.2) is 34.9 Å². The van der Waals surface area contributed by atoms with E-state index >= 15 is 0 Å². The Morgan fingerprint density at radius 1 is 1.29 bits per heavy atom. The molecule has 0 spiro atoms. The van der Waals surface area contributed by atoms with Crippen molar-refractivity contribution >= 4 is 11.9 Å². The molecule has 0 aliphatic carbocycles. The molecule has 0 aliphatic rings. The number of hydrogen-bond donors (Lipinski definition) is 2. The molecule has 1 heterocycles. The lowest BCUT2D eigenvalue weighted by Gasteiger charge is -2.03. The summed E-state index contributed by atoms with van der Waals surface area (Å²) >= 11 is 0. The quantitative estimate of drug-likeness (QED) is 0.881. The molecule has 2 rings (SSSR count). The molecular weight excluding hydrogens is 272 g/mol. The number of aromatic nitrogens is 1. The van der Waals surface area contributed by atoms with Crippen LogP contribution in [0, 0.1) is 0 Å². The number of nitrogens with zero attached hydrogens (tertiary/aromatic N) is 1. The second kappa shape index (κ2) is 6.21. The topological polar surface area (TPSA) is 92.4 Å². The Hall–Kier alpha value is -2.63. The first kappa shape index (κ1) is 14.8. The molecule has 21 heavy (non-hydrogen) atoms. The predicted molar refractivity (Wildman–Crippen MR) is 75.2 cm³/mol. The fourth-order valence-electron chi connectivity index (χ4n) is 1.70. The fourth-order valence-corrected chi connectivity index (χ4v) is 1.70. The van der Waals surface area contributed by atoms with Gasteiger partial charge < -0.3 is 14.9 Å². The van der Waals surface area contributed by atoms with Gasteiger partial charge in [0.05, 0.1) is 11.3 Å². The monoisotopic (exact) mass is 288 g/mol. The summed E-state index contributed by atoms with van der Waals surface area (Å²) < 4.78 is 4.99. The van der Waals surface area contributed by atoms with Gasteiger partial charge in [-0.1, -0.05) is 31.1 Å². The van der Waals surface area contributed by atoms with Crippen LogP contribution in [0.4, 0.5) is 0 Å². The van der Waals surface area contributed by atoms with Gasteiger partial charge in [-0.3, -0.25) is 4.79 Å². The molecular formula is C15H16N2O4. The highest BCUT2D eigenvalue weighted by atomic mass is 16.5. The number of amides is 1. The molecule has 2 aromatic rings. The highest BCUT2D eigenvalue weighted by Crippen LogP contribution is 2.14. The highest BCUT2D eigenvalue weighted by Gasteiger charge is 2.14. The van der Waals surface area contributed by atoms with Crippen molar-refractivity contribution in [3.8, 4) is 0 Å². The maximum atomic E-state index is 11.9. The zero-order valence-electron chi connectivity index (χ0n) is 11.8. The van der Waals surface area contributed by atoms with E-state index in [-0.39, 0.29) is 29.7 Å². The van der Waals surface area contributed by atoms with Crippen LogP contribution >= 0.6 is 0 Å². The van der Waals surface area contributed by atoms with E-state index < -0.39 is 5.97 Å². The van der Waals surface area contributed by atoms with Crippen molar-refractivity contribution in [1.29, 1.82) is 0 Å². The first-order valence-electron chi connectivity index (χ1n) is 6.54. The third kappa shape index (κ3) is 3.68. The second-order valence-electron chi connectivity index (χ2n) is 4.96. The molecule has 0 saturated carbocycles. The average molecular weight is 288 g/mol. The number of carbonyl (C=O) groups excluding carboxylic acids is 1. The minimum Gasteiger partial charge on any atom is -0.478 e. The number of rotatable bonds is 5. The van der Waals surface area contributed by atoms with Crippen molar-refractivity contribution in [1.82, 2.24) is 10.5 Å². The van der Waals surface area contributed by atoms with E-state index in [1.165, 1.54) is 12.1 Å². The first-order valence-corrected chi connectivity index (χ1v) is 6.54. The number of hydrogen-bond acceptors (Lipinski definition) is 4. The lowest BCUT2D eigenvalue weighted by molar-refractivity contribution is 0.0696. The Morgan fingerprint density at radius 2 is 1.95 bits per heavy atom. The van der Waals surface area contributed by atoms with Gasteiger partial charge in [0, 0.05) is 12.6 Å². The van der Waals surface area contributed by atoms with E-state index in [4.69, 9.17) is 9.63 Å². The van der Waals surface area contributed by atoms with Gasteiger partial charge >= 0.3 is 5.97 Å². The van der Waals surface area contributed by atoms with Crippen molar-refractivity contribution in [2.24, 2.45) is 0 Å². The summed E-state index contributed by atoms with van der Waals surface area (Å²) in [4.78, 5) is 22.6. The largest absolute Gasteiger partial charge is 0.478 e. The predicted octanol–water partition coefficient (Wildman–Crippen LogP) is 2.43. The average Bonchev–Trinajstić information content (AvgIpc) is 2.95. The van der Waals surface area contributed by atoms with Crippen LogP contribution < -0.4 is 5.32 Å². The Kier molecular flexibility index (Phi) is 4.37. The number of aromatic carboxylic acids is 1. The van der Waals surface area contributed by atoms with Crippen LogP contribution in [0.25, 0.3) is 0 Å². The number of carboxylic acid groups (broad SMARTS) is 1. The van der Waals surface area contributed by atoms with E-state index in [0.717, 1.165) is 11.3 Å². The van der Waals surface area contributed by atoms with Crippen LogP contribution in [0.1, 0.15) is 51.9 Å². The Balaban J connectivity index is 1.95. The number of carboxylic acids is 1. The first-order chi connectivity index (χ1) is 9.97. The summed E-state index contributed by atoms with van der Waals surface area (Å²) in [5.74, 6) is -0.968. The van der Waals surface area contributed by atoms with Crippen LogP contribution in [0.3, 0.4) is 0 Å². The Morgan fingerprint density at radius 3 is 2.48 bits per heavy atom. The maximum Gasteiger partial charge on any atom is 0.335 e. The molecule has 6 heteroatoms. The van der Waals surface area contributed by atoms with Gasteiger partial charge in [-0.2, -0.15) is 0 Å². The van der Waals surface area contributed by atoms with Crippen LogP contribution in [0.2, 0.25) is 0 Å². The molecule has 0 aliphatic heterocycles. The summed E-state index contributed by atoms with van der Waals surface area (Å²) in [5, 5.41) is 15.3. The standard InChI is InChI=1S/C15H16N2O4/c1-9(2)12-7-13(21-17-12)14(18)16-8-10-3-5-11(6-4-10)15(19)20/h3-7,9H,8H2,1-2H3,(H,16,18)(H,19,20). The smallest absolute Gasteiger partial charge is 0.335 e. The van der Waals surface area contributed by atoms with Gasteiger partial charge in [0.1, 0.15) is 0 Å². The molecule has 110 valence electrons. The minimum atomic E-state index is -0.978. The van der Waals surface area contributed by atoms with E-state index in [1.54, 1.807) is 18.2 Å². The second-order valence-corrected chi connectivity index (χ2v) is 4.96. The van der Waals surface area contributed by atoms with Crippen molar-refractivity contribution in [3.63, 3.8) is 0 Å².